The van der Waals surface area contributed by atoms with Crippen LogP contribution in [0.3, 0.4) is 0 Å². The van der Waals surface area contributed by atoms with Crippen LogP contribution in [-0.2, 0) is 27.4 Å². The van der Waals surface area contributed by atoms with E-state index in [1.165, 1.54) is 29.8 Å². The van der Waals surface area contributed by atoms with Crippen molar-refractivity contribution in [1.82, 2.24) is 14.8 Å². The maximum Gasteiger partial charge on any atom is 0.412 e. The number of likely N-dealkylation sites (tertiary alicyclic amines) is 1. The molecule has 2 unspecified atom stereocenters. The van der Waals surface area contributed by atoms with Gasteiger partial charge in [0, 0.05) is 41.4 Å². The van der Waals surface area contributed by atoms with Crippen molar-refractivity contribution in [2.75, 3.05) is 11.9 Å². The van der Waals surface area contributed by atoms with Gasteiger partial charge in [-0.05, 0) is 45.9 Å². The molecule has 2 N–H and O–H groups in total. The second kappa shape index (κ2) is 11.9. The van der Waals surface area contributed by atoms with Gasteiger partial charge in [0.2, 0.25) is 11.8 Å². The molecular weight excluding hydrogens is 558 g/mol. The molecule has 1 aliphatic rings. The first-order valence-electron chi connectivity index (χ1n) is 13.0. The zero-order chi connectivity index (χ0) is 30.1. The number of benzene rings is 2. The summed E-state index contributed by atoms with van der Waals surface area (Å²) in [5.74, 6) is -2.07. The molecule has 0 bridgehead atoms. The molecule has 2 atom stereocenters. The van der Waals surface area contributed by atoms with Crippen molar-refractivity contribution >= 4 is 51.9 Å². The fraction of sp³-hybridized carbons (Fsp3) is 0.379. The molecule has 2 heterocycles. The zero-order valence-electron chi connectivity index (χ0n) is 23.1. The molecule has 12 heteroatoms. The maximum atomic E-state index is 14.5. The minimum absolute atomic E-state index is 0.0911. The highest BCUT2D eigenvalue weighted by molar-refractivity contribution is 6.30. The third-order valence-electron chi connectivity index (χ3n) is 6.57. The Morgan fingerprint density at radius 1 is 1.15 bits per heavy atom. The lowest BCUT2D eigenvalue weighted by Crippen LogP contribution is -2.46. The smallest absolute Gasteiger partial charge is 0.412 e. The van der Waals surface area contributed by atoms with E-state index < -0.39 is 41.5 Å². The van der Waals surface area contributed by atoms with Crippen LogP contribution in [0.15, 0.2) is 42.6 Å². The van der Waals surface area contributed by atoms with E-state index in [1.807, 2.05) is 0 Å². The van der Waals surface area contributed by atoms with Gasteiger partial charge in [-0.1, -0.05) is 29.8 Å². The molecule has 3 amide bonds. The highest BCUT2D eigenvalue weighted by atomic mass is 35.5. The minimum atomic E-state index is -1.42. The number of hydrogen-bond donors (Lipinski definition) is 2. The van der Waals surface area contributed by atoms with Gasteiger partial charge < -0.3 is 19.5 Å². The third kappa shape index (κ3) is 7.02. The summed E-state index contributed by atoms with van der Waals surface area (Å²) in [6, 6.07) is 8.16. The van der Waals surface area contributed by atoms with Crippen LogP contribution in [-0.4, -0.2) is 57.5 Å². The number of carbonyl (C=O) groups is 4. The summed E-state index contributed by atoms with van der Waals surface area (Å²) in [5, 5.41) is 5.67. The Bertz CT molecular complexity index is 1520. The number of ketones is 1. The average molecular weight is 589 g/mol. The van der Waals surface area contributed by atoms with E-state index >= 15 is 0 Å². The van der Waals surface area contributed by atoms with E-state index in [1.54, 1.807) is 45.0 Å². The number of nitrogens with zero attached hydrogens (tertiary/aromatic N) is 2. The topological polar surface area (TPSA) is 110 Å². The molecule has 218 valence electrons. The molecule has 41 heavy (non-hydrogen) atoms. The lowest BCUT2D eigenvalue weighted by Gasteiger charge is -2.24. The van der Waals surface area contributed by atoms with Crippen molar-refractivity contribution in [2.45, 2.75) is 65.0 Å². The van der Waals surface area contributed by atoms with Crippen molar-refractivity contribution in [3.8, 4) is 0 Å². The quantitative estimate of drug-likeness (QED) is 0.367. The Hall–Kier alpha value is -3.99. The van der Waals surface area contributed by atoms with Gasteiger partial charge in [0.25, 0.3) is 0 Å². The van der Waals surface area contributed by atoms with Crippen molar-refractivity contribution in [3.63, 3.8) is 0 Å². The van der Waals surface area contributed by atoms with Crippen LogP contribution in [0.4, 0.5) is 19.3 Å². The molecule has 4 rings (SSSR count). The number of alkyl halides is 1. The van der Waals surface area contributed by atoms with Crippen molar-refractivity contribution < 1.29 is 32.7 Å². The van der Waals surface area contributed by atoms with E-state index in [-0.39, 0.29) is 42.4 Å². The van der Waals surface area contributed by atoms with Gasteiger partial charge in [-0.2, -0.15) is 0 Å². The van der Waals surface area contributed by atoms with E-state index in [9.17, 15) is 28.0 Å². The summed E-state index contributed by atoms with van der Waals surface area (Å²) in [4.78, 5) is 52.1. The molecule has 0 saturated carbocycles. The predicted octanol–water partition coefficient (Wildman–Crippen LogP) is 5.24. The Labute approximate surface area is 240 Å². The van der Waals surface area contributed by atoms with Crippen LogP contribution >= 0.6 is 11.6 Å². The second-order valence-electron chi connectivity index (χ2n) is 10.9. The standard InChI is InChI=1S/C29H31ClF2N4O5/c1-16(37)21-14-35(23-11-19(8-9-20(21)23)34-28(40)41-29(2,3)4)15-25(38)36-13-18(31)10-24(36)27(39)33-12-17-6-5-7-22(30)26(17)32/h5-9,11,14,18,24H,10,12-13,15H2,1-4H3,(H,33,39)(H,34,40). The van der Waals surface area contributed by atoms with E-state index in [0.29, 0.717) is 22.2 Å². The Morgan fingerprint density at radius 3 is 2.56 bits per heavy atom. The number of amides is 3. The molecule has 3 aromatic rings. The number of hydrogen-bond acceptors (Lipinski definition) is 5. The van der Waals surface area contributed by atoms with E-state index in [4.69, 9.17) is 16.3 Å². The summed E-state index contributed by atoms with van der Waals surface area (Å²) in [7, 11) is 0. The fourth-order valence-electron chi connectivity index (χ4n) is 4.73. The lowest BCUT2D eigenvalue weighted by molar-refractivity contribution is -0.139. The van der Waals surface area contributed by atoms with Gasteiger partial charge in [-0.25, -0.2) is 13.6 Å². The molecular formula is C29H31ClF2N4O5. The van der Waals surface area contributed by atoms with Gasteiger partial charge in [0.15, 0.2) is 5.78 Å². The number of nitrogens with one attached hydrogen (secondary N) is 2. The van der Waals surface area contributed by atoms with Crippen molar-refractivity contribution in [1.29, 1.82) is 0 Å². The number of carbonyl (C=O) groups excluding carboxylic acids is 4. The number of rotatable bonds is 7. The number of ether oxygens (including phenoxy) is 1. The van der Waals surface area contributed by atoms with Crippen LogP contribution in [0.2, 0.25) is 5.02 Å². The Morgan fingerprint density at radius 2 is 1.88 bits per heavy atom. The molecule has 1 fully saturated rings. The number of Topliss-reactive ketones (excluding diaryl/α,β-unsaturated/α-hetero) is 1. The molecule has 1 aromatic heterocycles. The number of anilines is 1. The molecule has 0 spiro atoms. The van der Waals surface area contributed by atoms with Gasteiger partial charge in [-0.3, -0.25) is 19.7 Å². The second-order valence-corrected chi connectivity index (χ2v) is 11.3. The summed E-state index contributed by atoms with van der Waals surface area (Å²) >= 11 is 5.80. The molecule has 9 nitrogen and oxygen atoms in total. The van der Waals surface area contributed by atoms with Gasteiger partial charge >= 0.3 is 6.09 Å². The van der Waals surface area contributed by atoms with Crippen LogP contribution in [0.5, 0.6) is 0 Å². The molecule has 0 radical (unpaired) electrons. The normalized spacial score (nSPS) is 17.0. The number of aromatic nitrogens is 1. The van der Waals surface area contributed by atoms with Crippen molar-refractivity contribution in [3.05, 3.63) is 64.6 Å². The minimum Gasteiger partial charge on any atom is -0.444 e. The Balaban J connectivity index is 1.54. The average Bonchev–Trinajstić information content (AvgIpc) is 3.44. The molecule has 0 aliphatic carbocycles. The SMILES string of the molecule is CC(=O)c1cn(CC(=O)N2CC(F)CC2C(=O)NCc2cccc(Cl)c2F)c2cc(NC(=O)OC(C)(C)C)ccc12. The first-order chi connectivity index (χ1) is 19.2. The summed E-state index contributed by atoms with van der Waals surface area (Å²) < 4.78 is 35.5. The molecule has 2 aromatic carbocycles. The first-order valence-corrected chi connectivity index (χ1v) is 13.4. The number of halogens is 3. The van der Waals surface area contributed by atoms with Crippen LogP contribution < -0.4 is 10.6 Å². The fourth-order valence-corrected chi connectivity index (χ4v) is 4.93. The third-order valence-corrected chi connectivity index (χ3v) is 6.86. The van der Waals surface area contributed by atoms with Gasteiger partial charge in [-0.15, -0.1) is 0 Å². The monoisotopic (exact) mass is 588 g/mol. The summed E-state index contributed by atoms with van der Waals surface area (Å²) in [6.07, 6.45) is -0.779. The summed E-state index contributed by atoms with van der Waals surface area (Å²) in [5.41, 5.74) is 0.663. The summed E-state index contributed by atoms with van der Waals surface area (Å²) in [6.45, 7) is 5.83. The van der Waals surface area contributed by atoms with Crippen LogP contribution in [0.1, 0.15) is 50.0 Å². The molecule has 1 aliphatic heterocycles. The Kier molecular flexibility index (Phi) is 8.67. The maximum absolute atomic E-state index is 14.5. The molecule has 1 saturated heterocycles. The predicted molar refractivity (Wildman–Crippen MR) is 150 cm³/mol. The largest absolute Gasteiger partial charge is 0.444 e. The van der Waals surface area contributed by atoms with Crippen molar-refractivity contribution in [2.24, 2.45) is 0 Å². The van der Waals surface area contributed by atoms with E-state index in [2.05, 4.69) is 10.6 Å². The van der Waals surface area contributed by atoms with Crippen LogP contribution in [0.25, 0.3) is 10.9 Å². The van der Waals surface area contributed by atoms with Crippen LogP contribution in [0, 0.1) is 5.82 Å². The highest BCUT2D eigenvalue weighted by Gasteiger charge is 2.39. The lowest BCUT2D eigenvalue weighted by atomic mass is 10.1. The van der Waals surface area contributed by atoms with E-state index in [0.717, 1.165) is 4.90 Å². The van der Waals surface area contributed by atoms with Gasteiger partial charge in [0.05, 0.1) is 17.1 Å². The van der Waals surface area contributed by atoms with Gasteiger partial charge in [0.1, 0.15) is 30.2 Å². The number of fused-ring (bicyclic) bond motifs is 1. The zero-order valence-corrected chi connectivity index (χ0v) is 23.9. The first kappa shape index (κ1) is 30.0. The highest BCUT2D eigenvalue weighted by Crippen LogP contribution is 2.28.